The van der Waals surface area contributed by atoms with Gasteiger partial charge in [-0.2, -0.15) is 0 Å². The molecule has 0 heterocycles. The summed E-state index contributed by atoms with van der Waals surface area (Å²) in [6, 6.07) is 21.2. The number of hydrogen-bond acceptors (Lipinski definition) is 2. The summed E-state index contributed by atoms with van der Waals surface area (Å²) in [7, 11) is 1.73. The normalized spacial score (nSPS) is 11.6. The molecule has 4 heteroatoms. The van der Waals surface area contributed by atoms with Gasteiger partial charge in [0.25, 0.3) is 0 Å². The Kier molecular flexibility index (Phi) is 9.01. The average molecular weight is 389 g/mol. The van der Waals surface area contributed by atoms with E-state index < -0.39 is 5.41 Å². The smallest absolute Gasteiger partial charge is 0.234 e. The lowest BCUT2D eigenvalue weighted by Crippen LogP contribution is -2.48. The SMILES string of the molecule is CNC(=O)C(CCN(C(C)C)C(C)C)(c1ccccc1)c1ccccc1.Cl. The van der Waals surface area contributed by atoms with Crippen molar-refractivity contribution in [2.75, 3.05) is 13.6 Å². The third-order valence-electron chi connectivity index (χ3n) is 5.22. The van der Waals surface area contributed by atoms with Crippen molar-refractivity contribution in [1.82, 2.24) is 10.2 Å². The topological polar surface area (TPSA) is 32.3 Å². The van der Waals surface area contributed by atoms with E-state index in [1.165, 1.54) is 0 Å². The first-order chi connectivity index (χ1) is 12.4. The van der Waals surface area contributed by atoms with E-state index in [0.29, 0.717) is 12.1 Å². The molecular formula is C23H33ClN2O. The Labute approximate surface area is 170 Å². The van der Waals surface area contributed by atoms with Gasteiger partial charge in [-0.25, -0.2) is 0 Å². The quantitative estimate of drug-likeness (QED) is 0.713. The molecule has 2 aromatic carbocycles. The maximum Gasteiger partial charge on any atom is 0.234 e. The van der Waals surface area contributed by atoms with Crippen LogP contribution in [0.4, 0.5) is 0 Å². The zero-order valence-corrected chi connectivity index (χ0v) is 17.9. The van der Waals surface area contributed by atoms with Crippen LogP contribution in [0.3, 0.4) is 0 Å². The Morgan fingerprint density at radius 2 is 1.30 bits per heavy atom. The van der Waals surface area contributed by atoms with Gasteiger partial charge in [-0.15, -0.1) is 12.4 Å². The van der Waals surface area contributed by atoms with Gasteiger partial charge in [-0.3, -0.25) is 9.69 Å². The van der Waals surface area contributed by atoms with E-state index in [0.717, 1.165) is 24.1 Å². The van der Waals surface area contributed by atoms with E-state index in [-0.39, 0.29) is 18.3 Å². The molecule has 0 aliphatic heterocycles. The molecule has 0 saturated carbocycles. The van der Waals surface area contributed by atoms with Gasteiger partial charge in [0.15, 0.2) is 0 Å². The highest BCUT2D eigenvalue weighted by molar-refractivity contribution is 5.92. The number of carbonyl (C=O) groups excluding carboxylic acids is 1. The first kappa shape index (κ1) is 23.2. The Bertz CT molecular complexity index is 639. The summed E-state index contributed by atoms with van der Waals surface area (Å²) in [4.78, 5) is 15.7. The molecule has 0 spiro atoms. The maximum absolute atomic E-state index is 13.3. The molecule has 0 aliphatic rings. The van der Waals surface area contributed by atoms with Gasteiger partial charge < -0.3 is 5.32 Å². The zero-order chi connectivity index (χ0) is 19.2. The van der Waals surface area contributed by atoms with Crippen LogP contribution in [0, 0.1) is 0 Å². The predicted octanol–water partition coefficient (Wildman–Crippen LogP) is 4.65. The highest BCUT2D eigenvalue weighted by atomic mass is 35.5. The number of rotatable bonds is 8. The van der Waals surface area contributed by atoms with Crippen molar-refractivity contribution in [2.45, 2.75) is 51.6 Å². The van der Waals surface area contributed by atoms with Crippen molar-refractivity contribution >= 4 is 18.3 Å². The zero-order valence-electron chi connectivity index (χ0n) is 17.1. The summed E-state index contributed by atoms with van der Waals surface area (Å²) in [5.74, 6) is 0.0439. The minimum absolute atomic E-state index is 0. The van der Waals surface area contributed by atoms with Gasteiger partial charge in [-0.1, -0.05) is 60.7 Å². The fourth-order valence-corrected chi connectivity index (χ4v) is 3.90. The standard InChI is InChI=1S/C23H32N2O.ClH/c1-18(2)25(19(3)4)17-16-23(22(26)24-5,20-12-8-6-9-13-20)21-14-10-7-11-15-21;/h6-15,18-19H,16-17H2,1-5H3,(H,24,26);1H. The van der Waals surface area contributed by atoms with Crippen LogP contribution < -0.4 is 5.32 Å². The van der Waals surface area contributed by atoms with Crippen molar-refractivity contribution in [2.24, 2.45) is 0 Å². The third kappa shape index (κ3) is 5.12. The summed E-state index contributed by atoms with van der Waals surface area (Å²) in [5.41, 5.74) is 1.38. The minimum atomic E-state index is -0.695. The molecule has 0 radical (unpaired) electrons. The molecule has 3 nitrogen and oxygen atoms in total. The lowest BCUT2D eigenvalue weighted by atomic mass is 9.71. The second kappa shape index (κ2) is 10.5. The van der Waals surface area contributed by atoms with Crippen LogP contribution >= 0.6 is 12.4 Å². The second-order valence-electron chi connectivity index (χ2n) is 7.39. The molecule has 0 fully saturated rings. The van der Waals surface area contributed by atoms with E-state index in [4.69, 9.17) is 0 Å². The summed E-state index contributed by atoms with van der Waals surface area (Å²) in [6.45, 7) is 9.71. The van der Waals surface area contributed by atoms with Crippen LogP contribution in [0.2, 0.25) is 0 Å². The molecule has 2 rings (SSSR count). The summed E-state index contributed by atoms with van der Waals surface area (Å²) in [5, 5.41) is 2.93. The van der Waals surface area contributed by atoms with Gasteiger partial charge in [0.2, 0.25) is 5.91 Å². The van der Waals surface area contributed by atoms with Crippen molar-refractivity contribution in [3.8, 4) is 0 Å². The number of carbonyl (C=O) groups is 1. The van der Waals surface area contributed by atoms with Crippen LogP contribution in [0.25, 0.3) is 0 Å². The number of hydrogen-bond donors (Lipinski definition) is 1. The highest BCUT2D eigenvalue weighted by Crippen LogP contribution is 2.36. The molecule has 27 heavy (non-hydrogen) atoms. The number of likely N-dealkylation sites (N-methyl/N-ethyl adjacent to an activating group) is 1. The van der Waals surface area contributed by atoms with Gasteiger partial charge in [0.05, 0.1) is 0 Å². The first-order valence-corrected chi connectivity index (χ1v) is 9.52. The Morgan fingerprint density at radius 3 is 1.63 bits per heavy atom. The van der Waals surface area contributed by atoms with E-state index in [1.54, 1.807) is 7.05 Å². The molecule has 0 saturated heterocycles. The lowest BCUT2D eigenvalue weighted by Gasteiger charge is -2.38. The lowest BCUT2D eigenvalue weighted by molar-refractivity contribution is -0.125. The van der Waals surface area contributed by atoms with E-state index >= 15 is 0 Å². The Morgan fingerprint density at radius 1 is 0.889 bits per heavy atom. The summed E-state index contributed by atoms with van der Waals surface area (Å²) < 4.78 is 0. The molecule has 2 aromatic rings. The average Bonchev–Trinajstić information content (AvgIpc) is 2.65. The number of benzene rings is 2. The first-order valence-electron chi connectivity index (χ1n) is 9.52. The fraction of sp³-hybridized carbons (Fsp3) is 0.435. The van der Waals surface area contributed by atoms with Crippen molar-refractivity contribution in [1.29, 1.82) is 0 Å². The van der Waals surface area contributed by atoms with Crippen LogP contribution in [0.1, 0.15) is 45.2 Å². The molecule has 0 atom stereocenters. The van der Waals surface area contributed by atoms with Crippen LogP contribution in [0.15, 0.2) is 60.7 Å². The van der Waals surface area contributed by atoms with E-state index in [9.17, 15) is 4.79 Å². The molecule has 0 aromatic heterocycles. The minimum Gasteiger partial charge on any atom is -0.358 e. The molecular weight excluding hydrogens is 356 g/mol. The number of nitrogens with zero attached hydrogens (tertiary/aromatic N) is 1. The summed E-state index contributed by atoms with van der Waals surface area (Å²) in [6.07, 6.45) is 0.733. The van der Waals surface area contributed by atoms with Gasteiger partial charge >= 0.3 is 0 Å². The van der Waals surface area contributed by atoms with Gasteiger partial charge in [0, 0.05) is 25.7 Å². The molecule has 0 unspecified atom stereocenters. The Hall–Kier alpha value is -1.84. The summed E-state index contributed by atoms with van der Waals surface area (Å²) >= 11 is 0. The predicted molar refractivity (Wildman–Crippen MR) is 117 cm³/mol. The van der Waals surface area contributed by atoms with Crippen molar-refractivity contribution in [3.05, 3.63) is 71.8 Å². The maximum atomic E-state index is 13.3. The van der Waals surface area contributed by atoms with Gasteiger partial charge in [-0.05, 0) is 45.2 Å². The van der Waals surface area contributed by atoms with Crippen molar-refractivity contribution in [3.63, 3.8) is 0 Å². The molecule has 0 bridgehead atoms. The highest BCUT2D eigenvalue weighted by Gasteiger charge is 2.41. The third-order valence-corrected chi connectivity index (χ3v) is 5.22. The largest absolute Gasteiger partial charge is 0.358 e. The van der Waals surface area contributed by atoms with Crippen molar-refractivity contribution < 1.29 is 4.79 Å². The molecule has 1 N–H and O–H groups in total. The fourth-order valence-electron chi connectivity index (χ4n) is 3.90. The molecule has 148 valence electrons. The number of halogens is 1. The van der Waals surface area contributed by atoms with Crippen LogP contribution in [-0.2, 0) is 10.2 Å². The van der Waals surface area contributed by atoms with Crippen LogP contribution in [0.5, 0.6) is 0 Å². The van der Waals surface area contributed by atoms with E-state index in [2.05, 4.69) is 62.2 Å². The molecule has 0 aliphatic carbocycles. The molecule has 1 amide bonds. The monoisotopic (exact) mass is 388 g/mol. The van der Waals surface area contributed by atoms with E-state index in [1.807, 2.05) is 36.4 Å². The van der Waals surface area contributed by atoms with Crippen LogP contribution in [-0.4, -0.2) is 36.5 Å². The number of nitrogens with one attached hydrogen (secondary N) is 1. The Balaban J connectivity index is 0.00000364. The second-order valence-corrected chi connectivity index (χ2v) is 7.39. The van der Waals surface area contributed by atoms with Gasteiger partial charge in [0.1, 0.15) is 5.41 Å². The number of amides is 1.